The van der Waals surface area contributed by atoms with Gasteiger partial charge in [-0.05, 0) is 68.3 Å². The molecule has 0 bridgehead atoms. The van der Waals surface area contributed by atoms with Gasteiger partial charge in [0.15, 0.2) is 0 Å². The molecule has 3 aromatic carbocycles. The molecule has 0 heterocycles. The van der Waals surface area contributed by atoms with Gasteiger partial charge in [-0.1, -0.05) is 36.9 Å². The van der Waals surface area contributed by atoms with E-state index in [2.05, 4.69) is 6.58 Å². The van der Waals surface area contributed by atoms with Crippen LogP contribution in [-0.2, 0) is 10.9 Å². The molecule has 0 saturated heterocycles. The molecular formula is C26H24F3NO2. The minimum absolute atomic E-state index is 0.237. The first-order valence-electron chi connectivity index (χ1n) is 10.1. The third kappa shape index (κ3) is 4.85. The van der Waals surface area contributed by atoms with E-state index in [1.54, 1.807) is 43.0 Å². The van der Waals surface area contributed by atoms with E-state index in [-0.39, 0.29) is 6.61 Å². The molecule has 0 radical (unpaired) electrons. The van der Waals surface area contributed by atoms with Crippen LogP contribution in [0.2, 0.25) is 0 Å². The van der Waals surface area contributed by atoms with Gasteiger partial charge in [-0.2, -0.15) is 13.2 Å². The van der Waals surface area contributed by atoms with Crippen LogP contribution in [-0.4, -0.2) is 12.6 Å². The van der Waals surface area contributed by atoms with E-state index in [0.717, 1.165) is 23.3 Å². The average Bonchev–Trinajstić information content (AvgIpc) is 2.75. The number of benzene rings is 3. The van der Waals surface area contributed by atoms with Crippen molar-refractivity contribution in [2.75, 3.05) is 11.5 Å². The average molecular weight is 439 g/mol. The van der Waals surface area contributed by atoms with E-state index in [4.69, 9.17) is 4.74 Å². The second kappa shape index (κ2) is 9.30. The van der Waals surface area contributed by atoms with E-state index in [9.17, 15) is 18.0 Å². The third-order valence-electron chi connectivity index (χ3n) is 5.11. The molecule has 0 spiro atoms. The summed E-state index contributed by atoms with van der Waals surface area (Å²) in [5.74, 6) is -0.472. The maximum Gasteiger partial charge on any atom is 0.416 e. The minimum atomic E-state index is -4.44. The number of halogens is 3. The van der Waals surface area contributed by atoms with Crippen LogP contribution < -0.4 is 4.90 Å². The number of anilines is 2. The summed E-state index contributed by atoms with van der Waals surface area (Å²) in [6.07, 6.45) is -4.44. The molecule has 0 aliphatic carbocycles. The van der Waals surface area contributed by atoms with Crippen molar-refractivity contribution in [2.24, 2.45) is 0 Å². The quantitative estimate of drug-likeness (QED) is 0.377. The molecule has 166 valence electrons. The number of aryl methyl sites for hydroxylation is 2. The van der Waals surface area contributed by atoms with Crippen LogP contribution in [0.3, 0.4) is 0 Å². The number of esters is 1. The fraction of sp³-hybridized carbons (Fsp3) is 0.192. The number of hydrogen-bond donors (Lipinski definition) is 0. The summed E-state index contributed by atoms with van der Waals surface area (Å²) in [5.41, 5.74) is 3.56. The van der Waals surface area contributed by atoms with Crippen molar-refractivity contribution in [2.45, 2.75) is 26.9 Å². The summed E-state index contributed by atoms with van der Waals surface area (Å²) < 4.78 is 44.8. The Balaban J connectivity index is 2.18. The lowest BCUT2D eigenvalue weighted by Gasteiger charge is -2.30. The Bertz CT molecular complexity index is 1150. The van der Waals surface area contributed by atoms with E-state index in [0.29, 0.717) is 28.2 Å². The Morgan fingerprint density at radius 2 is 1.69 bits per heavy atom. The van der Waals surface area contributed by atoms with Gasteiger partial charge in [-0.25, -0.2) is 4.79 Å². The lowest BCUT2D eigenvalue weighted by Crippen LogP contribution is -2.18. The number of alkyl halides is 3. The highest BCUT2D eigenvalue weighted by molar-refractivity contribution is 5.94. The van der Waals surface area contributed by atoms with Gasteiger partial charge < -0.3 is 9.64 Å². The zero-order valence-electron chi connectivity index (χ0n) is 18.2. The van der Waals surface area contributed by atoms with Crippen LogP contribution in [0.25, 0.3) is 5.70 Å². The summed E-state index contributed by atoms with van der Waals surface area (Å²) in [6, 6.07) is 18.0. The molecule has 3 nitrogen and oxygen atoms in total. The highest BCUT2D eigenvalue weighted by Gasteiger charge is 2.31. The summed E-state index contributed by atoms with van der Waals surface area (Å²) in [7, 11) is 0. The van der Waals surface area contributed by atoms with Crippen molar-refractivity contribution in [3.05, 3.63) is 101 Å². The Kier molecular flexibility index (Phi) is 6.72. The largest absolute Gasteiger partial charge is 0.462 e. The highest BCUT2D eigenvalue weighted by Crippen LogP contribution is 2.39. The van der Waals surface area contributed by atoms with Gasteiger partial charge in [0.2, 0.25) is 0 Å². The van der Waals surface area contributed by atoms with Crippen LogP contribution >= 0.6 is 0 Å². The summed E-state index contributed by atoms with van der Waals surface area (Å²) >= 11 is 0. The summed E-state index contributed by atoms with van der Waals surface area (Å²) in [6.45, 7) is 9.77. The number of nitrogens with zero attached hydrogens (tertiary/aromatic N) is 1. The number of hydrogen-bond acceptors (Lipinski definition) is 3. The Morgan fingerprint density at radius 1 is 0.969 bits per heavy atom. The van der Waals surface area contributed by atoms with Crippen LogP contribution in [0, 0.1) is 13.8 Å². The Labute approximate surface area is 185 Å². The third-order valence-corrected chi connectivity index (χ3v) is 5.11. The van der Waals surface area contributed by atoms with Crippen LogP contribution in [0.4, 0.5) is 24.5 Å². The normalized spacial score (nSPS) is 11.2. The van der Waals surface area contributed by atoms with Gasteiger partial charge >= 0.3 is 12.1 Å². The molecule has 3 rings (SSSR count). The van der Waals surface area contributed by atoms with Crippen molar-refractivity contribution in [3.63, 3.8) is 0 Å². The zero-order valence-corrected chi connectivity index (χ0v) is 18.2. The molecule has 0 aliphatic heterocycles. The van der Waals surface area contributed by atoms with E-state index < -0.39 is 17.7 Å². The lowest BCUT2D eigenvalue weighted by atomic mass is 10.0. The number of ether oxygens (including phenoxy) is 1. The molecule has 0 N–H and O–H groups in total. The van der Waals surface area contributed by atoms with Crippen molar-refractivity contribution < 1.29 is 22.7 Å². The molecular weight excluding hydrogens is 415 g/mol. The first-order chi connectivity index (χ1) is 15.1. The lowest BCUT2D eigenvalue weighted by molar-refractivity contribution is -0.137. The van der Waals surface area contributed by atoms with Crippen molar-refractivity contribution in [3.8, 4) is 0 Å². The molecule has 6 heteroatoms. The van der Waals surface area contributed by atoms with Crippen LogP contribution in [0.5, 0.6) is 0 Å². The molecule has 0 fully saturated rings. The monoisotopic (exact) mass is 439 g/mol. The van der Waals surface area contributed by atoms with E-state index in [1.807, 2.05) is 31.2 Å². The van der Waals surface area contributed by atoms with Gasteiger partial charge in [-0.15, -0.1) is 0 Å². The van der Waals surface area contributed by atoms with Gasteiger partial charge in [0.25, 0.3) is 0 Å². The molecule has 32 heavy (non-hydrogen) atoms. The molecule has 0 aliphatic rings. The maximum absolute atomic E-state index is 13.2. The van der Waals surface area contributed by atoms with Crippen molar-refractivity contribution in [1.82, 2.24) is 0 Å². The molecule has 0 amide bonds. The maximum atomic E-state index is 13.2. The number of carbonyl (C=O) groups is 1. The van der Waals surface area contributed by atoms with E-state index >= 15 is 0 Å². The van der Waals surface area contributed by atoms with E-state index in [1.165, 1.54) is 6.07 Å². The number of carbonyl (C=O) groups excluding carboxylic acids is 1. The standard InChI is InChI=1S/C26H24F3NO2/c1-5-32-25(31)20-10-8-11-22(16-20)30(19(4)23-12-7-6-9-17(23)2)24-14-13-21(15-18(24)3)26(27,28)29/h6-16H,4-5H2,1-3H3. The number of rotatable bonds is 6. The van der Waals surface area contributed by atoms with Crippen molar-refractivity contribution in [1.29, 1.82) is 0 Å². The van der Waals surface area contributed by atoms with Gasteiger partial charge in [0.1, 0.15) is 0 Å². The Morgan fingerprint density at radius 3 is 2.31 bits per heavy atom. The predicted molar refractivity (Wildman–Crippen MR) is 121 cm³/mol. The smallest absolute Gasteiger partial charge is 0.416 e. The molecule has 0 saturated carbocycles. The topological polar surface area (TPSA) is 29.5 Å². The van der Waals surface area contributed by atoms with Crippen LogP contribution in [0.1, 0.15) is 39.5 Å². The molecule has 0 atom stereocenters. The molecule has 0 aromatic heterocycles. The van der Waals surface area contributed by atoms with Crippen molar-refractivity contribution >= 4 is 23.0 Å². The SMILES string of the molecule is C=C(c1ccccc1C)N(c1cccc(C(=O)OCC)c1)c1ccc(C(F)(F)F)cc1C. The minimum Gasteiger partial charge on any atom is -0.462 e. The zero-order chi connectivity index (χ0) is 23.5. The summed E-state index contributed by atoms with van der Waals surface area (Å²) in [5, 5.41) is 0. The predicted octanol–water partition coefficient (Wildman–Crippen LogP) is 7.31. The fourth-order valence-electron chi connectivity index (χ4n) is 3.53. The van der Waals surface area contributed by atoms with Gasteiger partial charge in [0.05, 0.1) is 17.7 Å². The molecule has 0 unspecified atom stereocenters. The second-order valence-corrected chi connectivity index (χ2v) is 7.37. The second-order valence-electron chi connectivity index (χ2n) is 7.37. The van der Waals surface area contributed by atoms with Crippen LogP contribution in [0.15, 0.2) is 73.3 Å². The Hall–Kier alpha value is -3.54. The molecule has 3 aromatic rings. The first kappa shape index (κ1) is 23.1. The van der Waals surface area contributed by atoms with Gasteiger partial charge in [-0.3, -0.25) is 0 Å². The fourth-order valence-corrected chi connectivity index (χ4v) is 3.53. The first-order valence-corrected chi connectivity index (χ1v) is 10.1. The highest BCUT2D eigenvalue weighted by atomic mass is 19.4. The summed E-state index contributed by atoms with van der Waals surface area (Å²) in [4.78, 5) is 14.0. The van der Waals surface area contributed by atoms with Gasteiger partial charge in [0, 0.05) is 22.6 Å².